The second-order valence-corrected chi connectivity index (χ2v) is 8.83. The predicted molar refractivity (Wildman–Crippen MR) is 132 cm³/mol. The topological polar surface area (TPSA) is 55.4 Å². The maximum absolute atomic E-state index is 15.3. The van der Waals surface area contributed by atoms with Crippen LogP contribution in [0.5, 0.6) is 0 Å². The van der Waals surface area contributed by atoms with Crippen molar-refractivity contribution in [2.45, 2.75) is 38.5 Å². The molecule has 178 valence electrons. The van der Waals surface area contributed by atoms with Gasteiger partial charge in [0.15, 0.2) is 12.0 Å². The molecular weight excluding hydrogens is 429 g/mol. The molecule has 34 heavy (non-hydrogen) atoms. The fourth-order valence-electron chi connectivity index (χ4n) is 4.34. The van der Waals surface area contributed by atoms with Crippen LogP contribution in [0.2, 0.25) is 0 Å². The van der Waals surface area contributed by atoms with Gasteiger partial charge in [-0.1, -0.05) is 105 Å². The number of benzene rings is 3. The summed E-state index contributed by atoms with van der Waals surface area (Å²) in [6.45, 7) is 5.12. The van der Waals surface area contributed by atoms with Gasteiger partial charge in [0.2, 0.25) is 0 Å². The Kier molecular flexibility index (Phi) is 8.35. The zero-order valence-electron chi connectivity index (χ0n) is 20.1. The third kappa shape index (κ3) is 5.10. The Balaban J connectivity index is 2.20. The third-order valence-electron chi connectivity index (χ3n) is 6.25. The van der Waals surface area contributed by atoms with Gasteiger partial charge in [0.1, 0.15) is 0 Å². The maximum atomic E-state index is 15.3. The highest BCUT2D eigenvalue weighted by atomic mass is 19.1. The van der Waals surface area contributed by atoms with E-state index in [4.69, 9.17) is 0 Å². The Morgan fingerprint density at radius 2 is 1.15 bits per heavy atom. The molecule has 0 aliphatic carbocycles. The molecule has 1 N–H and O–H groups in total. The molecule has 4 nitrogen and oxygen atoms in total. The number of carbonyl (C=O) groups is 2. The lowest BCUT2D eigenvalue weighted by Crippen LogP contribution is -2.56. The summed E-state index contributed by atoms with van der Waals surface area (Å²) in [6, 6.07) is 28.6. The molecule has 3 atom stereocenters. The van der Waals surface area contributed by atoms with Gasteiger partial charge in [-0.3, -0.25) is 14.9 Å². The lowest BCUT2D eigenvalue weighted by Gasteiger charge is -2.41. The Hall–Kier alpha value is -3.31. The first-order valence-electron chi connectivity index (χ1n) is 11.5. The van der Waals surface area contributed by atoms with Gasteiger partial charge < -0.3 is 4.74 Å². The second kappa shape index (κ2) is 11.2. The van der Waals surface area contributed by atoms with Crippen LogP contribution in [-0.2, 0) is 19.9 Å². The average molecular weight is 462 g/mol. The lowest BCUT2D eigenvalue weighted by atomic mass is 9.75. The molecule has 0 saturated heterocycles. The molecule has 5 heteroatoms. The van der Waals surface area contributed by atoms with Crippen LogP contribution in [-0.4, -0.2) is 31.1 Å². The van der Waals surface area contributed by atoms with Crippen molar-refractivity contribution in [3.8, 4) is 0 Å². The molecule has 0 unspecified atom stereocenters. The number of halogens is 1. The number of ketones is 1. The fourth-order valence-corrected chi connectivity index (χ4v) is 4.34. The van der Waals surface area contributed by atoms with Crippen LogP contribution in [0, 0.1) is 11.8 Å². The Labute approximate surface area is 201 Å². The van der Waals surface area contributed by atoms with E-state index in [1.54, 1.807) is 0 Å². The molecule has 0 aromatic heterocycles. The van der Waals surface area contributed by atoms with Crippen LogP contribution < -0.4 is 5.32 Å². The second-order valence-electron chi connectivity index (χ2n) is 8.83. The predicted octanol–water partition coefficient (Wildman–Crippen LogP) is 5.31. The van der Waals surface area contributed by atoms with Crippen LogP contribution in [0.25, 0.3) is 0 Å². The van der Waals surface area contributed by atoms with Gasteiger partial charge in [0.05, 0.1) is 24.6 Å². The van der Waals surface area contributed by atoms with Crippen molar-refractivity contribution in [2.75, 3.05) is 7.11 Å². The molecule has 0 saturated carbocycles. The molecule has 3 rings (SSSR count). The summed E-state index contributed by atoms with van der Waals surface area (Å²) < 4.78 is 20.0. The number of rotatable bonds is 10. The molecule has 3 aromatic rings. The Morgan fingerprint density at radius 1 is 0.765 bits per heavy atom. The number of ether oxygens (including phenoxy) is 1. The van der Waals surface area contributed by atoms with Crippen molar-refractivity contribution in [1.82, 2.24) is 5.32 Å². The summed E-state index contributed by atoms with van der Waals surface area (Å²) >= 11 is 0. The number of hydrogen-bond donors (Lipinski definition) is 1. The zero-order chi connectivity index (χ0) is 24.7. The standard InChI is InChI=1S/C29H32FNO3/c1-20(2)26(27(32)25(30)21(3)28(33)34-4)31-29(22-14-8-5-9-15-22,23-16-10-6-11-17-23)24-18-12-7-13-19-24/h5-21,25-26,31H,1-4H3/t21-,25+,26-/m0/s1. The molecular formula is C29H32FNO3. The van der Waals surface area contributed by atoms with E-state index in [1.165, 1.54) is 14.0 Å². The first-order chi connectivity index (χ1) is 16.3. The zero-order valence-corrected chi connectivity index (χ0v) is 20.1. The minimum absolute atomic E-state index is 0.244. The summed E-state index contributed by atoms with van der Waals surface area (Å²) in [6.07, 6.45) is -1.99. The highest BCUT2D eigenvalue weighted by Gasteiger charge is 2.43. The van der Waals surface area contributed by atoms with Crippen LogP contribution >= 0.6 is 0 Å². The van der Waals surface area contributed by atoms with Crippen LogP contribution in [0.15, 0.2) is 91.0 Å². The number of esters is 1. The van der Waals surface area contributed by atoms with Gasteiger partial charge in [0.25, 0.3) is 0 Å². The summed E-state index contributed by atoms with van der Waals surface area (Å²) in [5.74, 6) is -2.85. The van der Waals surface area contributed by atoms with Crippen molar-refractivity contribution in [2.24, 2.45) is 11.8 Å². The van der Waals surface area contributed by atoms with E-state index in [9.17, 15) is 9.59 Å². The molecule has 0 heterocycles. The van der Waals surface area contributed by atoms with Crippen LogP contribution in [0.3, 0.4) is 0 Å². The monoisotopic (exact) mass is 461 g/mol. The highest BCUT2D eigenvalue weighted by molar-refractivity contribution is 5.92. The molecule has 0 spiro atoms. The average Bonchev–Trinajstić information content (AvgIpc) is 2.89. The molecule has 0 amide bonds. The van der Waals surface area contributed by atoms with Gasteiger partial charge in [-0.2, -0.15) is 0 Å². The van der Waals surface area contributed by atoms with Crippen LogP contribution in [0.1, 0.15) is 37.5 Å². The summed E-state index contributed by atoms with van der Waals surface area (Å²) in [7, 11) is 1.19. The number of hydrogen-bond acceptors (Lipinski definition) is 4. The lowest BCUT2D eigenvalue weighted by molar-refractivity contribution is -0.150. The largest absolute Gasteiger partial charge is 0.469 e. The summed E-state index contributed by atoms with van der Waals surface area (Å²) in [5.41, 5.74) is 1.83. The number of nitrogens with one attached hydrogen (secondary N) is 1. The van der Waals surface area contributed by atoms with E-state index >= 15 is 4.39 Å². The van der Waals surface area contributed by atoms with Crippen molar-refractivity contribution in [3.63, 3.8) is 0 Å². The third-order valence-corrected chi connectivity index (χ3v) is 6.25. The van der Waals surface area contributed by atoms with E-state index in [0.29, 0.717) is 0 Å². The molecule has 0 fully saturated rings. The maximum Gasteiger partial charge on any atom is 0.311 e. The van der Waals surface area contributed by atoms with E-state index in [2.05, 4.69) is 10.1 Å². The summed E-state index contributed by atoms with van der Waals surface area (Å²) in [4.78, 5) is 25.4. The molecule has 0 aliphatic rings. The minimum Gasteiger partial charge on any atom is -0.469 e. The first kappa shape index (κ1) is 25.3. The van der Waals surface area contributed by atoms with Gasteiger partial charge >= 0.3 is 5.97 Å². The first-order valence-corrected chi connectivity index (χ1v) is 11.5. The van der Waals surface area contributed by atoms with Crippen molar-refractivity contribution in [3.05, 3.63) is 108 Å². The van der Waals surface area contributed by atoms with E-state index in [0.717, 1.165) is 16.7 Å². The SMILES string of the molecule is COC(=O)[C@@H](C)[C@@H](F)C(=O)[C@@H](NC(c1ccccc1)(c1ccccc1)c1ccccc1)C(C)C. The molecule has 0 bridgehead atoms. The van der Waals surface area contributed by atoms with Crippen molar-refractivity contribution >= 4 is 11.8 Å². The van der Waals surface area contributed by atoms with E-state index in [-0.39, 0.29) is 5.92 Å². The minimum atomic E-state index is -1.99. The van der Waals surface area contributed by atoms with Gasteiger partial charge in [-0.25, -0.2) is 4.39 Å². The van der Waals surface area contributed by atoms with Crippen LogP contribution in [0.4, 0.5) is 4.39 Å². The normalized spacial score (nSPS) is 14.3. The number of methoxy groups -OCH3 is 1. The molecule has 3 aromatic carbocycles. The van der Waals surface area contributed by atoms with Gasteiger partial charge in [-0.15, -0.1) is 0 Å². The fraction of sp³-hybridized carbons (Fsp3) is 0.310. The number of carbonyl (C=O) groups excluding carboxylic acids is 2. The molecule has 0 radical (unpaired) electrons. The van der Waals surface area contributed by atoms with Gasteiger partial charge in [0, 0.05) is 0 Å². The van der Waals surface area contributed by atoms with E-state index < -0.39 is 35.4 Å². The van der Waals surface area contributed by atoms with Crippen molar-refractivity contribution in [1.29, 1.82) is 0 Å². The van der Waals surface area contributed by atoms with Gasteiger partial charge in [-0.05, 0) is 29.5 Å². The Bertz CT molecular complexity index is 974. The quantitative estimate of drug-likeness (QED) is 0.328. The van der Waals surface area contributed by atoms with E-state index in [1.807, 2.05) is 105 Å². The smallest absolute Gasteiger partial charge is 0.311 e. The molecule has 0 aliphatic heterocycles. The Morgan fingerprint density at radius 3 is 1.47 bits per heavy atom. The van der Waals surface area contributed by atoms with Crippen molar-refractivity contribution < 1.29 is 18.7 Å². The highest BCUT2D eigenvalue weighted by Crippen LogP contribution is 2.38. The summed E-state index contributed by atoms with van der Waals surface area (Å²) in [5, 5.41) is 3.57. The number of alkyl halides is 1. The number of Topliss-reactive ketones (excluding diaryl/α,β-unsaturated/α-hetero) is 1.